The van der Waals surface area contributed by atoms with Gasteiger partial charge in [-0.05, 0) is 42.0 Å². The highest BCUT2D eigenvalue weighted by Gasteiger charge is 2.44. The first-order valence-corrected chi connectivity index (χ1v) is 10.0. The van der Waals surface area contributed by atoms with E-state index in [1.54, 1.807) is 54.6 Å². The standard InChI is InChI=1S/C22H11Cl3N2O3/c23-12-6-8-17(26-10-12)27-19(11-5-7-14(24)15(25)9-11)18-20(28)13-3-1-2-4-16(13)30-21(18)22(27)29/h1-10,19H/t19-/m1/s1. The average Bonchev–Trinajstić information content (AvgIpc) is 3.04. The normalized spacial score (nSPS) is 15.6. The van der Waals surface area contributed by atoms with Gasteiger partial charge in [0.05, 0.1) is 32.1 Å². The topological polar surface area (TPSA) is 63.4 Å². The van der Waals surface area contributed by atoms with Crippen LogP contribution in [0.1, 0.15) is 27.7 Å². The van der Waals surface area contributed by atoms with Gasteiger partial charge in [-0.3, -0.25) is 14.5 Å². The van der Waals surface area contributed by atoms with E-state index in [0.717, 1.165) is 0 Å². The maximum Gasteiger partial charge on any atom is 0.296 e. The van der Waals surface area contributed by atoms with Crippen LogP contribution in [0.25, 0.3) is 11.0 Å². The number of fused-ring (bicyclic) bond motifs is 2. The van der Waals surface area contributed by atoms with Crippen molar-refractivity contribution in [2.75, 3.05) is 4.90 Å². The summed E-state index contributed by atoms with van der Waals surface area (Å²) in [6.45, 7) is 0. The number of pyridine rings is 1. The lowest BCUT2D eigenvalue weighted by Gasteiger charge is -2.24. The molecule has 3 heterocycles. The molecule has 0 bridgehead atoms. The molecule has 5 rings (SSSR count). The minimum Gasteiger partial charge on any atom is -0.450 e. The van der Waals surface area contributed by atoms with Gasteiger partial charge in [-0.15, -0.1) is 0 Å². The summed E-state index contributed by atoms with van der Waals surface area (Å²) in [7, 11) is 0. The molecule has 0 radical (unpaired) electrons. The van der Waals surface area contributed by atoms with Crippen LogP contribution in [0.5, 0.6) is 0 Å². The highest BCUT2D eigenvalue weighted by Crippen LogP contribution is 2.41. The Bertz CT molecular complexity index is 1380. The van der Waals surface area contributed by atoms with E-state index >= 15 is 0 Å². The lowest BCUT2D eigenvalue weighted by molar-refractivity contribution is 0.0970. The lowest BCUT2D eigenvalue weighted by atomic mass is 9.98. The predicted octanol–water partition coefficient (Wildman–Crippen LogP) is 5.90. The molecule has 5 nitrogen and oxygen atoms in total. The number of hydrogen-bond acceptors (Lipinski definition) is 4. The third kappa shape index (κ3) is 2.89. The molecule has 1 aliphatic heterocycles. The fourth-order valence-corrected chi connectivity index (χ4v) is 4.08. The smallest absolute Gasteiger partial charge is 0.296 e. The van der Waals surface area contributed by atoms with Crippen molar-refractivity contribution < 1.29 is 9.21 Å². The summed E-state index contributed by atoms with van der Waals surface area (Å²) in [4.78, 5) is 32.5. The largest absolute Gasteiger partial charge is 0.450 e. The van der Waals surface area contributed by atoms with Gasteiger partial charge < -0.3 is 4.42 Å². The Labute approximate surface area is 185 Å². The maximum absolute atomic E-state index is 13.4. The zero-order valence-electron chi connectivity index (χ0n) is 15.1. The molecule has 2 aromatic heterocycles. The highest BCUT2D eigenvalue weighted by atomic mass is 35.5. The van der Waals surface area contributed by atoms with Crippen LogP contribution in [0.4, 0.5) is 5.82 Å². The Morgan fingerprint density at radius 2 is 1.73 bits per heavy atom. The van der Waals surface area contributed by atoms with Gasteiger partial charge in [0.15, 0.2) is 5.43 Å². The SMILES string of the molecule is O=C1c2oc3ccccc3c(=O)c2[C@@H](c2ccc(Cl)c(Cl)c2)N1c1ccc(Cl)cn1. The zero-order chi connectivity index (χ0) is 21.0. The number of benzene rings is 2. The molecule has 2 aromatic carbocycles. The van der Waals surface area contributed by atoms with E-state index in [2.05, 4.69) is 4.98 Å². The van der Waals surface area contributed by atoms with Crippen LogP contribution in [-0.4, -0.2) is 10.9 Å². The molecule has 1 amide bonds. The summed E-state index contributed by atoms with van der Waals surface area (Å²) in [6.07, 6.45) is 1.44. The third-order valence-electron chi connectivity index (χ3n) is 5.00. The number of carbonyl (C=O) groups excluding carboxylic acids is 1. The van der Waals surface area contributed by atoms with Gasteiger partial charge in [0.2, 0.25) is 5.76 Å². The van der Waals surface area contributed by atoms with E-state index in [1.165, 1.54) is 11.1 Å². The van der Waals surface area contributed by atoms with Crippen LogP contribution in [-0.2, 0) is 0 Å². The summed E-state index contributed by atoms with van der Waals surface area (Å²) in [5.41, 5.74) is 0.894. The van der Waals surface area contributed by atoms with Crippen LogP contribution in [0.3, 0.4) is 0 Å². The first kappa shape index (κ1) is 19.1. The van der Waals surface area contributed by atoms with Gasteiger partial charge in [0.25, 0.3) is 5.91 Å². The van der Waals surface area contributed by atoms with Gasteiger partial charge in [0, 0.05) is 6.20 Å². The minimum atomic E-state index is -0.781. The fraction of sp³-hybridized carbons (Fsp3) is 0.0455. The van der Waals surface area contributed by atoms with Crippen molar-refractivity contribution in [1.82, 2.24) is 4.98 Å². The van der Waals surface area contributed by atoms with Gasteiger partial charge in [-0.2, -0.15) is 0 Å². The number of amides is 1. The van der Waals surface area contributed by atoms with Gasteiger partial charge in [0.1, 0.15) is 11.4 Å². The number of nitrogens with zero attached hydrogens (tertiary/aromatic N) is 2. The average molecular weight is 458 g/mol. The molecule has 0 unspecified atom stereocenters. The van der Waals surface area contributed by atoms with E-state index in [9.17, 15) is 9.59 Å². The summed E-state index contributed by atoms with van der Waals surface area (Å²) < 4.78 is 5.87. The lowest BCUT2D eigenvalue weighted by Crippen LogP contribution is -2.30. The van der Waals surface area contributed by atoms with Crippen molar-refractivity contribution in [2.45, 2.75) is 6.04 Å². The number of aromatic nitrogens is 1. The van der Waals surface area contributed by atoms with Gasteiger partial charge in [-0.25, -0.2) is 4.98 Å². The summed E-state index contributed by atoms with van der Waals surface area (Å²) in [5, 5.41) is 1.49. The fourth-order valence-electron chi connectivity index (χ4n) is 3.66. The molecule has 0 N–H and O–H groups in total. The molecular weight excluding hydrogens is 447 g/mol. The first-order chi connectivity index (χ1) is 14.5. The molecule has 0 aliphatic carbocycles. The third-order valence-corrected chi connectivity index (χ3v) is 5.96. The monoisotopic (exact) mass is 456 g/mol. The van der Waals surface area contributed by atoms with Crippen LogP contribution in [0, 0.1) is 0 Å². The molecule has 0 fully saturated rings. The molecule has 1 aliphatic rings. The summed E-state index contributed by atoms with van der Waals surface area (Å²) >= 11 is 18.3. The molecule has 0 saturated heterocycles. The van der Waals surface area contributed by atoms with Crippen LogP contribution >= 0.6 is 34.8 Å². The molecule has 30 heavy (non-hydrogen) atoms. The zero-order valence-corrected chi connectivity index (χ0v) is 17.4. The van der Waals surface area contributed by atoms with Crippen molar-refractivity contribution in [1.29, 1.82) is 0 Å². The number of hydrogen-bond donors (Lipinski definition) is 0. The Morgan fingerprint density at radius 1 is 0.933 bits per heavy atom. The van der Waals surface area contributed by atoms with Crippen molar-refractivity contribution in [2.24, 2.45) is 0 Å². The molecule has 8 heteroatoms. The Hall–Kier alpha value is -2.86. The quantitative estimate of drug-likeness (QED) is 0.376. The van der Waals surface area contributed by atoms with Gasteiger partial charge >= 0.3 is 0 Å². The van der Waals surface area contributed by atoms with Gasteiger partial charge in [-0.1, -0.05) is 53.0 Å². The van der Waals surface area contributed by atoms with Crippen molar-refractivity contribution in [3.05, 3.63) is 103 Å². The van der Waals surface area contributed by atoms with E-state index in [-0.39, 0.29) is 16.8 Å². The molecule has 0 saturated carbocycles. The second-order valence-electron chi connectivity index (χ2n) is 6.76. The molecule has 1 atom stereocenters. The molecule has 148 valence electrons. The summed E-state index contributed by atoms with van der Waals surface area (Å²) in [5.74, 6) is -0.166. The number of para-hydroxylation sites is 1. The predicted molar refractivity (Wildman–Crippen MR) is 117 cm³/mol. The number of carbonyl (C=O) groups is 1. The highest BCUT2D eigenvalue weighted by molar-refractivity contribution is 6.42. The number of anilines is 1. The van der Waals surface area contributed by atoms with Crippen LogP contribution in [0.2, 0.25) is 15.1 Å². The van der Waals surface area contributed by atoms with E-state index < -0.39 is 11.9 Å². The van der Waals surface area contributed by atoms with Crippen molar-refractivity contribution >= 4 is 57.5 Å². The second-order valence-corrected chi connectivity index (χ2v) is 8.01. The van der Waals surface area contributed by atoms with E-state index in [1.807, 2.05) is 0 Å². The minimum absolute atomic E-state index is 0.0217. The Kier molecular flexibility index (Phi) is 4.54. The maximum atomic E-state index is 13.4. The number of halogens is 3. The first-order valence-electron chi connectivity index (χ1n) is 8.91. The van der Waals surface area contributed by atoms with Crippen LogP contribution in [0.15, 0.2) is 70.0 Å². The number of rotatable bonds is 2. The molecule has 0 spiro atoms. The van der Waals surface area contributed by atoms with Crippen molar-refractivity contribution in [3.63, 3.8) is 0 Å². The van der Waals surface area contributed by atoms with Crippen molar-refractivity contribution in [3.8, 4) is 0 Å². The summed E-state index contributed by atoms with van der Waals surface area (Å²) in [6, 6.07) is 14.2. The Balaban J connectivity index is 1.82. The van der Waals surface area contributed by atoms with E-state index in [0.29, 0.717) is 37.4 Å². The second kappa shape index (κ2) is 7.13. The van der Waals surface area contributed by atoms with E-state index in [4.69, 9.17) is 39.2 Å². The Morgan fingerprint density at radius 3 is 2.47 bits per heavy atom. The molecule has 4 aromatic rings. The molecular formula is C22H11Cl3N2O3. The van der Waals surface area contributed by atoms with Crippen LogP contribution < -0.4 is 10.3 Å².